The monoisotopic (exact) mass is 345 g/mol. The van der Waals surface area contributed by atoms with Crippen LogP contribution in [0.3, 0.4) is 0 Å². The van der Waals surface area contributed by atoms with E-state index in [-0.39, 0.29) is 11.9 Å². The van der Waals surface area contributed by atoms with Gasteiger partial charge in [-0.1, -0.05) is 12.8 Å². The summed E-state index contributed by atoms with van der Waals surface area (Å²) in [4.78, 5) is 28.4. The van der Waals surface area contributed by atoms with Crippen LogP contribution in [-0.2, 0) is 4.79 Å². The molecule has 136 valence electrons. The fourth-order valence-electron chi connectivity index (χ4n) is 3.52. The topological polar surface area (TPSA) is 61.9 Å². The molecule has 1 N–H and O–H groups in total. The van der Waals surface area contributed by atoms with Crippen molar-refractivity contribution in [1.29, 1.82) is 0 Å². The molecule has 0 spiro atoms. The van der Waals surface area contributed by atoms with Crippen molar-refractivity contribution in [3.63, 3.8) is 0 Å². The van der Waals surface area contributed by atoms with Crippen LogP contribution < -0.4 is 15.0 Å². The van der Waals surface area contributed by atoms with E-state index < -0.39 is 0 Å². The molecule has 0 radical (unpaired) electrons. The molecule has 2 aliphatic heterocycles. The third-order valence-corrected chi connectivity index (χ3v) is 4.94. The van der Waals surface area contributed by atoms with Crippen molar-refractivity contribution < 1.29 is 14.3 Å². The Morgan fingerprint density at radius 3 is 2.44 bits per heavy atom. The van der Waals surface area contributed by atoms with Crippen LogP contribution in [-0.4, -0.2) is 43.6 Å². The summed E-state index contributed by atoms with van der Waals surface area (Å²) in [5.74, 6) is 0.767. The Labute approximate surface area is 149 Å². The molecule has 6 nitrogen and oxygen atoms in total. The van der Waals surface area contributed by atoms with Crippen molar-refractivity contribution in [2.75, 3.05) is 37.0 Å². The van der Waals surface area contributed by atoms with E-state index in [1.165, 1.54) is 12.8 Å². The number of benzene rings is 1. The predicted molar refractivity (Wildman–Crippen MR) is 98.3 cm³/mol. The van der Waals surface area contributed by atoms with Crippen molar-refractivity contribution in [3.05, 3.63) is 18.2 Å². The van der Waals surface area contributed by atoms with Gasteiger partial charge >= 0.3 is 6.03 Å². The molecule has 0 aliphatic carbocycles. The molecule has 2 aliphatic rings. The van der Waals surface area contributed by atoms with E-state index in [1.807, 2.05) is 23.1 Å². The second-order valence-corrected chi connectivity index (χ2v) is 6.72. The normalized spacial score (nSPS) is 18.7. The molecule has 2 heterocycles. The number of nitrogens with zero attached hydrogens (tertiary/aromatic N) is 2. The minimum atomic E-state index is -0.0667. The van der Waals surface area contributed by atoms with Crippen LogP contribution in [0.1, 0.15) is 44.9 Å². The van der Waals surface area contributed by atoms with Gasteiger partial charge in [0, 0.05) is 31.7 Å². The summed E-state index contributed by atoms with van der Waals surface area (Å²) in [5, 5.41) is 2.98. The largest absolute Gasteiger partial charge is 0.495 e. The van der Waals surface area contributed by atoms with Crippen LogP contribution >= 0.6 is 0 Å². The number of anilines is 2. The molecule has 1 aromatic carbocycles. The zero-order chi connectivity index (χ0) is 17.6. The van der Waals surface area contributed by atoms with E-state index in [1.54, 1.807) is 12.0 Å². The second-order valence-electron chi connectivity index (χ2n) is 6.72. The number of carbonyl (C=O) groups excluding carboxylic acids is 2. The molecule has 6 heteroatoms. The highest BCUT2D eigenvalue weighted by molar-refractivity contribution is 5.97. The van der Waals surface area contributed by atoms with Gasteiger partial charge in [0.2, 0.25) is 5.91 Å². The van der Waals surface area contributed by atoms with E-state index >= 15 is 0 Å². The maximum atomic E-state index is 12.5. The molecule has 1 aromatic rings. The average molecular weight is 345 g/mol. The molecule has 25 heavy (non-hydrogen) atoms. The number of urea groups is 1. The van der Waals surface area contributed by atoms with Gasteiger partial charge in [-0.25, -0.2) is 4.79 Å². The van der Waals surface area contributed by atoms with E-state index in [4.69, 9.17) is 4.74 Å². The van der Waals surface area contributed by atoms with Gasteiger partial charge in [0.05, 0.1) is 12.8 Å². The number of nitrogens with one attached hydrogen (secondary N) is 1. The van der Waals surface area contributed by atoms with Gasteiger partial charge < -0.3 is 19.9 Å². The predicted octanol–water partition coefficient (Wildman–Crippen LogP) is 3.62. The molecule has 2 saturated heterocycles. The lowest BCUT2D eigenvalue weighted by Crippen LogP contribution is -2.36. The molecule has 0 aromatic heterocycles. The van der Waals surface area contributed by atoms with Gasteiger partial charge in [0.15, 0.2) is 0 Å². The first-order chi connectivity index (χ1) is 12.2. The van der Waals surface area contributed by atoms with E-state index in [0.717, 1.165) is 44.5 Å². The second kappa shape index (κ2) is 8.23. The average Bonchev–Trinajstić information content (AvgIpc) is 2.91. The Hall–Kier alpha value is -2.24. The molecule has 0 bridgehead atoms. The molecule has 3 rings (SSSR count). The van der Waals surface area contributed by atoms with E-state index in [0.29, 0.717) is 24.4 Å². The minimum absolute atomic E-state index is 0.0667. The fraction of sp³-hybridized carbons (Fsp3) is 0.579. The molecular formula is C19H27N3O3. The van der Waals surface area contributed by atoms with Crippen molar-refractivity contribution in [3.8, 4) is 5.75 Å². The SMILES string of the molecule is COc1ccc(NC(=O)N2CCCCCC2)cc1N1CCCCC1=O. The first kappa shape index (κ1) is 17.6. The summed E-state index contributed by atoms with van der Waals surface area (Å²) in [6, 6.07) is 5.42. The molecule has 2 fully saturated rings. The van der Waals surface area contributed by atoms with Crippen molar-refractivity contribution >= 4 is 23.3 Å². The van der Waals surface area contributed by atoms with Crippen LogP contribution in [0.5, 0.6) is 5.75 Å². The number of hydrogen-bond acceptors (Lipinski definition) is 3. The van der Waals surface area contributed by atoms with Crippen LogP contribution in [0.4, 0.5) is 16.2 Å². The lowest BCUT2D eigenvalue weighted by atomic mass is 10.1. The van der Waals surface area contributed by atoms with Crippen molar-refractivity contribution in [2.45, 2.75) is 44.9 Å². The number of rotatable bonds is 3. The Kier molecular flexibility index (Phi) is 5.79. The smallest absolute Gasteiger partial charge is 0.321 e. The van der Waals surface area contributed by atoms with Gasteiger partial charge in [-0.3, -0.25) is 4.79 Å². The summed E-state index contributed by atoms with van der Waals surface area (Å²) in [7, 11) is 1.60. The quantitative estimate of drug-likeness (QED) is 0.910. The molecule has 0 saturated carbocycles. The summed E-state index contributed by atoms with van der Waals surface area (Å²) >= 11 is 0. The summed E-state index contributed by atoms with van der Waals surface area (Å²) < 4.78 is 5.42. The highest BCUT2D eigenvalue weighted by Gasteiger charge is 2.23. The number of likely N-dealkylation sites (tertiary alicyclic amines) is 1. The summed E-state index contributed by atoms with van der Waals surface area (Å²) in [6.07, 6.45) is 6.98. The zero-order valence-corrected chi connectivity index (χ0v) is 14.9. The molecule has 0 unspecified atom stereocenters. The van der Waals surface area contributed by atoms with Crippen LogP contribution in [0.25, 0.3) is 0 Å². The first-order valence-electron chi connectivity index (χ1n) is 9.23. The fourth-order valence-corrected chi connectivity index (χ4v) is 3.52. The third kappa shape index (κ3) is 4.24. The van der Waals surface area contributed by atoms with Crippen molar-refractivity contribution in [2.24, 2.45) is 0 Å². The first-order valence-corrected chi connectivity index (χ1v) is 9.23. The number of methoxy groups -OCH3 is 1. The van der Waals surface area contributed by atoms with Gasteiger partial charge in [0.1, 0.15) is 5.75 Å². The van der Waals surface area contributed by atoms with Gasteiger partial charge in [-0.2, -0.15) is 0 Å². The van der Waals surface area contributed by atoms with Crippen LogP contribution in [0.15, 0.2) is 18.2 Å². The van der Waals surface area contributed by atoms with E-state index in [9.17, 15) is 9.59 Å². The Morgan fingerprint density at radius 2 is 1.76 bits per heavy atom. The van der Waals surface area contributed by atoms with Crippen LogP contribution in [0, 0.1) is 0 Å². The lowest BCUT2D eigenvalue weighted by molar-refractivity contribution is -0.119. The highest BCUT2D eigenvalue weighted by Crippen LogP contribution is 2.33. The maximum absolute atomic E-state index is 12.5. The van der Waals surface area contributed by atoms with Crippen LogP contribution in [0.2, 0.25) is 0 Å². The van der Waals surface area contributed by atoms with Gasteiger partial charge in [-0.15, -0.1) is 0 Å². The molecular weight excluding hydrogens is 318 g/mol. The third-order valence-electron chi connectivity index (χ3n) is 4.94. The summed E-state index contributed by atoms with van der Waals surface area (Å²) in [6.45, 7) is 2.30. The maximum Gasteiger partial charge on any atom is 0.321 e. The number of ether oxygens (including phenoxy) is 1. The Balaban J connectivity index is 1.76. The Morgan fingerprint density at radius 1 is 1.04 bits per heavy atom. The molecule has 0 atom stereocenters. The van der Waals surface area contributed by atoms with Crippen molar-refractivity contribution in [1.82, 2.24) is 4.90 Å². The lowest BCUT2D eigenvalue weighted by Gasteiger charge is -2.28. The van der Waals surface area contributed by atoms with E-state index in [2.05, 4.69) is 5.32 Å². The summed E-state index contributed by atoms with van der Waals surface area (Å²) in [5.41, 5.74) is 1.43. The zero-order valence-electron chi connectivity index (χ0n) is 14.9. The van der Waals surface area contributed by atoms with Gasteiger partial charge in [0.25, 0.3) is 0 Å². The standard InChI is InChI=1S/C19H27N3O3/c1-25-17-10-9-15(14-16(17)22-13-7-4-8-18(22)23)20-19(24)21-11-5-2-3-6-12-21/h9-10,14H,2-8,11-13H2,1H3,(H,20,24). The molecule has 3 amide bonds. The van der Waals surface area contributed by atoms with Gasteiger partial charge in [-0.05, 0) is 43.9 Å². The number of amides is 3. The Bertz CT molecular complexity index is 624. The number of carbonyl (C=O) groups is 2. The minimum Gasteiger partial charge on any atom is -0.495 e. The number of hydrogen-bond donors (Lipinski definition) is 1. The number of piperidine rings is 1. The highest BCUT2D eigenvalue weighted by atomic mass is 16.5.